The molecule has 0 saturated heterocycles. The van der Waals surface area contributed by atoms with Gasteiger partial charge in [-0.25, -0.2) is 4.79 Å². The minimum Gasteiger partial charge on any atom is -0.467 e. The van der Waals surface area contributed by atoms with Gasteiger partial charge in [-0.05, 0) is 18.4 Å². The van der Waals surface area contributed by atoms with Crippen molar-refractivity contribution in [3.05, 3.63) is 0 Å². The van der Waals surface area contributed by atoms with E-state index in [4.69, 9.17) is 5.11 Å². The lowest BCUT2D eigenvalue weighted by molar-refractivity contribution is -0.150. The summed E-state index contributed by atoms with van der Waals surface area (Å²) in [6, 6.07) is 0. The molecule has 0 heterocycles. The summed E-state index contributed by atoms with van der Waals surface area (Å²) in [5.74, 6) is 0.227. The Kier molecular flexibility index (Phi) is 5.43. The van der Waals surface area contributed by atoms with Crippen LogP contribution in [0.4, 0.5) is 0 Å². The van der Waals surface area contributed by atoms with Crippen LogP contribution in [-0.2, 0) is 9.53 Å². The largest absolute Gasteiger partial charge is 0.467 e. The molecule has 0 aliphatic rings. The van der Waals surface area contributed by atoms with E-state index < -0.39 is 12.1 Å². The van der Waals surface area contributed by atoms with Crippen molar-refractivity contribution in [2.45, 2.75) is 12.5 Å². The summed E-state index contributed by atoms with van der Waals surface area (Å²) in [6.45, 7) is 0. The van der Waals surface area contributed by atoms with E-state index in [-0.39, 0.29) is 0 Å². The monoisotopic (exact) mass is 164 g/mol. The average Bonchev–Trinajstić information content (AvgIpc) is 1.98. The van der Waals surface area contributed by atoms with E-state index in [0.29, 0.717) is 6.42 Å². The van der Waals surface area contributed by atoms with Crippen molar-refractivity contribution < 1.29 is 14.6 Å². The van der Waals surface area contributed by atoms with Gasteiger partial charge < -0.3 is 9.84 Å². The first-order valence-electron chi connectivity index (χ1n) is 2.97. The summed E-state index contributed by atoms with van der Waals surface area (Å²) < 4.78 is 4.31. The predicted octanol–water partition coefficient (Wildman–Crippen LogP) is 0.273. The van der Waals surface area contributed by atoms with Gasteiger partial charge in [-0.1, -0.05) is 0 Å². The summed E-state index contributed by atoms with van der Waals surface area (Å²) in [4.78, 5) is 10.5. The number of rotatable bonds is 4. The quantitative estimate of drug-likeness (QED) is 0.606. The second-order valence-electron chi connectivity index (χ2n) is 1.82. The first-order chi connectivity index (χ1) is 4.72. The molecule has 0 bridgehead atoms. The summed E-state index contributed by atoms with van der Waals surface area (Å²) in [5, 5.41) is 8.96. The first-order valence-corrected chi connectivity index (χ1v) is 4.36. The van der Waals surface area contributed by atoms with Crippen LogP contribution in [0.3, 0.4) is 0 Å². The highest BCUT2D eigenvalue weighted by atomic mass is 32.2. The third-order valence-electron chi connectivity index (χ3n) is 1.07. The van der Waals surface area contributed by atoms with Gasteiger partial charge >= 0.3 is 5.97 Å². The van der Waals surface area contributed by atoms with E-state index in [2.05, 4.69) is 4.74 Å². The molecule has 1 atom stereocenters. The maximum Gasteiger partial charge on any atom is 0.334 e. The van der Waals surface area contributed by atoms with Crippen LogP contribution in [0.5, 0.6) is 0 Å². The number of aliphatic hydroxyl groups excluding tert-OH is 1. The Balaban J connectivity index is 3.41. The Morgan fingerprint density at radius 1 is 1.80 bits per heavy atom. The number of carbonyl (C=O) groups excluding carboxylic acids is 1. The first kappa shape index (κ1) is 9.78. The zero-order valence-corrected chi connectivity index (χ0v) is 6.98. The molecule has 0 fully saturated rings. The van der Waals surface area contributed by atoms with Gasteiger partial charge in [0, 0.05) is 0 Å². The summed E-state index contributed by atoms with van der Waals surface area (Å²) in [7, 11) is 1.27. The molecule has 0 saturated carbocycles. The zero-order chi connectivity index (χ0) is 7.98. The molecule has 0 aliphatic carbocycles. The number of esters is 1. The number of carbonyl (C=O) groups is 1. The molecule has 0 aliphatic heterocycles. The molecule has 0 rings (SSSR count). The number of methoxy groups -OCH3 is 1. The number of ether oxygens (including phenoxy) is 1. The van der Waals surface area contributed by atoms with Crippen LogP contribution in [0.1, 0.15) is 6.42 Å². The van der Waals surface area contributed by atoms with E-state index >= 15 is 0 Å². The van der Waals surface area contributed by atoms with Gasteiger partial charge in [0.05, 0.1) is 7.11 Å². The molecular formula is C6H12O3S. The average molecular weight is 164 g/mol. The Labute approximate surface area is 64.8 Å². The lowest BCUT2D eigenvalue weighted by Crippen LogP contribution is -2.22. The minimum absolute atomic E-state index is 0.466. The van der Waals surface area contributed by atoms with Gasteiger partial charge in [-0.3, -0.25) is 0 Å². The fraction of sp³-hybridized carbons (Fsp3) is 0.833. The number of hydrogen-bond donors (Lipinski definition) is 1. The number of hydrogen-bond acceptors (Lipinski definition) is 4. The molecule has 0 aromatic carbocycles. The third kappa shape index (κ3) is 3.74. The Morgan fingerprint density at radius 2 is 2.40 bits per heavy atom. The highest BCUT2D eigenvalue weighted by Gasteiger charge is 2.13. The SMILES string of the molecule is COC(=O)[C@H](O)CCSC. The molecule has 0 amide bonds. The van der Waals surface area contributed by atoms with Crippen LogP contribution < -0.4 is 0 Å². The maximum absolute atomic E-state index is 10.5. The third-order valence-corrected chi connectivity index (χ3v) is 1.71. The minimum atomic E-state index is -0.947. The molecule has 3 nitrogen and oxygen atoms in total. The molecular weight excluding hydrogens is 152 g/mol. The van der Waals surface area contributed by atoms with Crippen molar-refractivity contribution in [2.75, 3.05) is 19.1 Å². The van der Waals surface area contributed by atoms with Crippen LogP contribution in [-0.4, -0.2) is 36.3 Å². The summed E-state index contributed by atoms with van der Waals surface area (Å²) in [6.07, 6.45) is 1.44. The molecule has 0 radical (unpaired) electrons. The molecule has 0 aromatic rings. The highest BCUT2D eigenvalue weighted by Crippen LogP contribution is 2.00. The smallest absolute Gasteiger partial charge is 0.334 e. The Bertz CT molecular complexity index is 105. The molecule has 4 heteroatoms. The van der Waals surface area contributed by atoms with Gasteiger partial charge in [-0.15, -0.1) is 0 Å². The van der Waals surface area contributed by atoms with Gasteiger partial charge in [-0.2, -0.15) is 11.8 Å². The van der Waals surface area contributed by atoms with Gasteiger partial charge in [0.15, 0.2) is 6.10 Å². The van der Waals surface area contributed by atoms with Gasteiger partial charge in [0.1, 0.15) is 0 Å². The summed E-state index contributed by atoms with van der Waals surface area (Å²) in [5.41, 5.74) is 0. The van der Waals surface area contributed by atoms with E-state index in [1.54, 1.807) is 11.8 Å². The van der Waals surface area contributed by atoms with Gasteiger partial charge in [0.25, 0.3) is 0 Å². The topological polar surface area (TPSA) is 46.5 Å². The number of thioether (sulfide) groups is 1. The van der Waals surface area contributed by atoms with Gasteiger partial charge in [0.2, 0.25) is 0 Å². The normalized spacial score (nSPS) is 12.7. The Morgan fingerprint density at radius 3 is 2.80 bits per heavy atom. The van der Waals surface area contributed by atoms with Crippen LogP contribution in [0, 0.1) is 0 Å². The lowest BCUT2D eigenvalue weighted by atomic mass is 10.3. The Hall–Kier alpha value is -0.220. The fourth-order valence-electron chi connectivity index (χ4n) is 0.483. The van der Waals surface area contributed by atoms with Crippen LogP contribution >= 0.6 is 11.8 Å². The van der Waals surface area contributed by atoms with Crippen LogP contribution in [0.25, 0.3) is 0 Å². The molecule has 0 aromatic heterocycles. The molecule has 1 N–H and O–H groups in total. The van der Waals surface area contributed by atoms with E-state index in [1.165, 1.54) is 7.11 Å². The predicted molar refractivity (Wildman–Crippen MR) is 41.0 cm³/mol. The molecule has 60 valence electrons. The molecule has 10 heavy (non-hydrogen) atoms. The van der Waals surface area contributed by atoms with E-state index in [0.717, 1.165) is 5.75 Å². The van der Waals surface area contributed by atoms with Crippen molar-refractivity contribution >= 4 is 17.7 Å². The van der Waals surface area contributed by atoms with E-state index in [9.17, 15) is 4.79 Å². The van der Waals surface area contributed by atoms with Crippen molar-refractivity contribution in [3.8, 4) is 0 Å². The van der Waals surface area contributed by atoms with Crippen molar-refractivity contribution in [2.24, 2.45) is 0 Å². The molecule has 0 unspecified atom stereocenters. The summed E-state index contributed by atoms with van der Waals surface area (Å²) >= 11 is 1.59. The standard InChI is InChI=1S/C6H12O3S/c1-9-6(8)5(7)3-4-10-2/h5,7H,3-4H2,1-2H3/t5-/m1/s1. The van der Waals surface area contributed by atoms with E-state index in [1.807, 2.05) is 6.26 Å². The maximum atomic E-state index is 10.5. The van der Waals surface area contributed by atoms with Crippen LogP contribution in [0.2, 0.25) is 0 Å². The van der Waals surface area contributed by atoms with Crippen molar-refractivity contribution in [3.63, 3.8) is 0 Å². The lowest BCUT2D eigenvalue weighted by Gasteiger charge is -2.05. The van der Waals surface area contributed by atoms with Crippen molar-refractivity contribution in [1.29, 1.82) is 0 Å². The second-order valence-corrected chi connectivity index (χ2v) is 2.81. The highest BCUT2D eigenvalue weighted by molar-refractivity contribution is 7.98. The van der Waals surface area contributed by atoms with Crippen LogP contribution in [0.15, 0.2) is 0 Å². The number of aliphatic hydroxyl groups is 1. The fourth-order valence-corrected chi connectivity index (χ4v) is 0.942. The molecule has 0 spiro atoms. The van der Waals surface area contributed by atoms with Crippen molar-refractivity contribution in [1.82, 2.24) is 0 Å². The second kappa shape index (κ2) is 5.56. The zero-order valence-electron chi connectivity index (χ0n) is 6.16.